The smallest absolute Gasteiger partial charge is 0.149 e. The molecule has 1 aromatic rings. The van der Waals surface area contributed by atoms with Crippen LogP contribution in [0.3, 0.4) is 0 Å². The maximum atomic E-state index is 10.3. The lowest BCUT2D eigenvalue weighted by atomic mass is 10.2. The second kappa shape index (κ2) is 6.10. The Hall–Kier alpha value is -1.58. The van der Waals surface area contributed by atoms with E-state index in [0.29, 0.717) is 0 Å². The topological polar surface area (TPSA) is 52.9 Å². The van der Waals surface area contributed by atoms with Gasteiger partial charge in [0.05, 0.1) is 0 Å². The van der Waals surface area contributed by atoms with Crippen molar-refractivity contribution >= 4 is 11.4 Å². The van der Waals surface area contributed by atoms with Crippen LogP contribution in [0.15, 0.2) is 23.4 Å². The van der Waals surface area contributed by atoms with E-state index in [1.807, 2.05) is 6.07 Å². The third kappa shape index (κ3) is 2.95. The zero-order valence-electron chi connectivity index (χ0n) is 9.81. The molecule has 0 radical (unpaired) electrons. The van der Waals surface area contributed by atoms with Crippen LogP contribution >= 0.6 is 0 Å². The van der Waals surface area contributed by atoms with Crippen molar-refractivity contribution in [1.82, 2.24) is 0 Å². The summed E-state index contributed by atoms with van der Waals surface area (Å²) in [6.45, 7) is 6.12. The highest BCUT2D eigenvalue weighted by molar-refractivity contribution is 5.61. The van der Waals surface area contributed by atoms with Gasteiger partial charge in [-0.15, -0.1) is 4.91 Å². The largest absolute Gasteiger partial charge is 0.505 e. The van der Waals surface area contributed by atoms with Crippen LogP contribution in [0, 0.1) is 4.91 Å². The van der Waals surface area contributed by atoms with Gasteiger partial charge < -0.3 is 10.0 Å². The lowest BCUT2D eigenvalue weighted by molar-refractivity contribution is 0.476. The van der Waals surface area contributed by atoms with Gasteiger partial charge in [-0.05, 0) is 30.2 Å². The summed E-state index contributed by atoms with van der Waals surface area (Å²) in [6, 6.07) is 4.97. The van der Waals surface area contributed by atoms with Crippen LogP contribution in [-0.2, 0) is 0 Å². The molecular formula is C12H18N2O2. The zero-order valence-corrected chi connectivity index (χ0v) is 9.81. The van der Waals surface area contributed by atoms with Crippen LogP contribution in [0.1, 0.15) is 26.7 Å². The van der Waals surface area contributed by atoms with Gasteiger partial charge in [-0.2, -0.15) is 0 Å². The van der Waals surface area contributed by atoms with Gasteiger partial charge in [-0.1, -0.05) is 13.8 Å². The van der Waals surface area contributed by atoms with Crippen LogP contribution in [-0.4, -0.2) is 18.2 Å². The number of nitroso groups, excluding NO2 is 1. The van der Waals surface area contributed by atoms with Crippen molar-refractivity contribution in [2.75, 3.05) is 18.0 Å². The summed E-state index contributed by atoms with van der Waals surface area (Å²) in [6.07, 6.45) is 2.10. The maximum Gasteiger partial charge on any atom is 0.149 e. The average molecular weight is 222 g/mol. The zero-order chi connectivity index (χ0) is 12.0. The minimum Gasteiger partial charge on any atom is -0.505 e. The summed E-state index contributed by atoms with van der Waals surface area (Å²) in [5.41, 5.74) is 1.03. The molecule has 0 aliphatic heterocycles. The molecule has 0 spiro atoms. The third-order valence-electron chi connectivity index (χ3n) is 2.41. The Balaban J connectivity index is 2.91. The van der Waals surface area contributed by atoms with Crippen molar-refractivity contribution < 1.29 is 5.11 Å². The Labute approximate surface area is 95.9 Å². The number of anilines is 1. The molecule has 0 heterocycles. The fourth-order valence-electron chi connectivity index (χ4n) is 1.70. The van der Waals surface area contributed by atoms with Gasteiger partial charge in [0.2, 0.25) is 0 Å². The molecule has 0 fully saturated rings. The normalized spacial score (nSPS) is 10.1. The average Bonchev–Trinajstić information content (AvgIpc) is 2.28. The van der Waals surface area contributed by atoms with Crippen molar-refractivity contribution in [1.29, 1.82) is 0 Å². The van der Waals surface area contributed by atoms with E-state index in [1.165, 1.54) is 0 Å². The molecule has 0 aromatic heterocycles. The Kier molecular flexibility index (Phi) is 4.76. The van der Waals surface area contributed by atoms with Gasteiger partial charge >= 0.3 is 0 Å². The van der Waals surface area contributed by atoms with Crippen LogP contribution in [0.5, 0.6) is 5.75 Å². The second-order valence-corrected chi connectivity index (χ2v) is 3.75. The van der Waals surface area contributed by atoms with Gasteiger partial charge in [-0.3, -0.25) is 0 Å². The molecule has 4 nitrogen and oxygen atoms in total. The number of hydrogen-bond acceptors (Lipinski definition) is 4. The Morgan fingerprint density at radius 3 is 2.31 bits per heavy atom. The second-order valence-electron chi connectivity index (χ2n) is 3.75. The first-order valence-corrected chi connectivity index (χ1v) is 5.64. The first kappa shape index (κ1) is 12.5. The first-order chi connectivity index (χ1) is 7.72. The molecule has 0 atom stereocenters. The molecule has 16 heavy (non-hydrogen) atoms. The lowest BCUT2D eigenvalue weighted by Crippen LogP contribution is -2.24. The molecule has 0 unspecified atom stereocenters. The number of aromatic hydroxyl groups is 1. The Morgan fingerprint density at radius 1 is 1.25 bits per heavy atom. The summed E-state index contributed by atoms with van der Waals surface area (Å²) in [5, 5.41) is 12.3. The minimum absolute atomic E-state index is 0.0512. The molecule has 1 N–H and O–H groups in total. The van der Waals surface area contributed by atoms with E-state index in [1.54, 1.807) is 12.1 Å². The van der Waals surface area contributed by atoms with E-state index in [9.17, 15) is 10.0 Å². The number of rotatable bonds is 6. The molecule has 0 amide bonds. The van der Waals surface area contributed by atoms with E-state index >= 15 is 0 Å². The molecule has 0 saturated heterocycles. The van der Waals surface area contributed by atoms with Crippen LogP contribution in [0.2, 0.25) is 0 Å². The lowest BCUT2D eigenvalue weighted by Gasteiger charge is -2.23. The summed E-state index contributed by atoms with van der Waals surface area (Å²) >= 11 is 0. The van der Waals surface area contributed by atoms with E-state index < -0.39 is 0 Å². The molecule has 0 bridgehead atoms. The quantitative estimate of drug-likeness (QED) is 0.750. The summed E-state index contributed by atoms with van der Waals surface area (Å²) in [7, 11) is 0. The third-order valence-corrected chi connectivity index (χ3v) is 2.41. The van der Waals surface area contributed by atoms with Crippen molar-refractivity contribution in [3.05, 3.63) is 23.1 Å². The summed E-state index contributed by atoms with van der Waals surface area (Å²) < 4.78 is 0. The highest BCUT2D eigenvalue weighted by atomic mass is 16.3. The monoisotopic (exact) mass is 222 g/mol. The fourth-order valence-corrected chi connectivity index (χ4v) is 1.70. The Morgan fingerprint density at radius 2 is 1.88 bits per heavy atom. The van der Waals surface area contributed by atoms with Gasteiger partial charge in [-0.25, -0.2) is 0 Å². The molecule has 0 saturated carbocycles. The highest BCUT2D eigenvalue weighted by Gasteiger charge is 2.08. The van der Waals surface area contributed by atoms with E-state index in [2.05, 4.69) is 23.9 Å². The number of nitrogens with zero attached hydrogens (tertiary/aromatic N) is 2. The van der Waals surface area contributed by atoms with Crippen molar-refractivity contribution in [2.24, 2.45) is 5.18 Å². The SMILES string of the molecule is CCCN(CCC)c1ccc(N=O)c(O)c1. The Bertz CT molecular complexity index is 347. The molecule has 4 heteroatoms. The molecule has 88 valence electrons. The molecular weight excluding hydrogens is 204 g/mol. The van der Waals surface area contributed by atoms with Gasteiger partial charge in [0.15, 0.2) is 0 Å². The van der Waals surface area contributed by atoms with Crippen LogP contribution < -0.4 is 4.90 Å². The van der Waals surface area contributed by atoms with Gasteiger partial charge in [0, 0.05) is 24.8 Å². The van der Waals surface area contributed by atoms with Crippen molar-refractivity contribution in [3.63, 3.8) is 0 Å². The number of hydrogen-bond donors (Lipinski definition) is 1. The standard InChI is InChI=1S/C12H18N2O2/c1-3-7-14(8-4-2)10-5-6-11(13-16)12(15)9-10/h5-6,9,15H,3-4,7-8H2,1-2H3. The number of phenols is 1. The van der Waals surface area contributed by atoms with Gasteiger partial charge in [0.25, 0.3) is 0 Å². The predicted molar refractivity (Wildman–Crippen MR) is 66.4 cm³/mol. The van der Waals surface area contributed by atoms with E-state index in [4.69, 9.17) is 0 Å². The molecule has 1 rings (SSSR count). The fraction of sp³-hybridized carbons (Fsp3) is 0.500. The van der Waals surface area contributed by atoms with Crippen molar-refractivity contribution in [2.45, 2.75) is 26.7 Å². The molecule has 1 aromatic carbocycles. The summed E-state index contributed by atoms with van der Waals surface area (Å²) in [5.74, 6) is -0.0512. The van der Waals surface area contributed by atoms with Crippen LogP contribution in [0.4, 0.5) is 11.4 Å². The van der Waals surface area contributed by atoms with Crippen molar-refractivity contribution in [3.8, 4) is 5.75 Å². The number of phenolic OH excluding ortho intramolecular Hbond substituents is 1. The van der Waals surface area contributed by atoms with Crippen LogP contribution in [0.25, 0.3) is 0 Å². The van der Waals surface area contributed by atoms with E-state index in [0.717, 1.165) is 31.6 Å². The highest BCUT2D eigenvalue weighted by Crippen LogP contribution is 2.30. The molecule has 0 aliphatic rings. The predicted octanol–water partition coefficient (Wildman–Crippen LogP) is 3.42. The number of benzene rings is 1. The maximum absolute atomic E-state index is 10.3. The summed E-state index contributed by atoms with van der Waals surface area (Å²) in [4.78, 5) is 12.5. The minimum atomic E-state index is -0.0512. The first-order valence-electron chi connectivity index (χ1n) is 5.64. The van der Waals surface area contributed by atoms with Gasteiger partial charge in [0.1, 0.15) is 11.4 Å². The molecule has 0 aliphatic carbocycles. The van der Waals surface area contributed by atoms with E-state index in [-0.39, 0.29) is 11.4 Å².